The number of rotatable bonds is 7. The molecule has 0 aromatic heterocycles. The molecule has 0 aromatic carbocycles. The van der Waals surface area contributed by atoms with E-state index >= 15 is 0 Å². The number of aliphatic hydroxyl groups excluding tert-OH is 3. The minimum Gasteiger partial charge on any atom is -0.458 e. The van der Waals surface area contributed by atoms with Crippen LogP contribution in [0.15, 0.2) is 0 Å². The maximum Gasteiger partial charge on any atom is 0.306 e. The third-order valence-corrected chi connectivity index (χ3v) is 4.79. The van der Waals surface area contributed by atoms with Crippen LogP contribution in [0.5, 0.6) is 0 Å². The van der Waals surface area contributed by atoms with Gasteiger partial charge in [-0.25, -0.2) is 0 Å². The molecule has 3 N–H and O–H groups in total. The summed E-state index contributed by atoms with van der Waals surface area (Å²) >= 11 is 0. The van der Waals surface area contributed by atoms with Gasteiger partial charge in [0.1, 0.15) is 18.3 Å². The number of carbonyl (C=O) groups is 1. The molecule has 2 aliphatic rings. The van der Waals surface area contributed by atoms with Crippen molar-refractivity contribution in [1.82, 2.24) is 4.90 Å². The highest BCUT2D eigenvalue weighted by atomic mass is 16.6. The molecule has 0 bridgehead atoms. The number of hydrogen-bond acceptors (Lipinski definition) is 6. The van der Waals surface area contributed by atoms with Gasteiger partial charge in [0.05, 0.1) is 12.1 Å². The second-order valence-electron chi connectivity index (χ2n) is 6.52. The van der Waals surface area contributed by atoms with Gasteiger partial charge in [0.2, 0.25) is 0 Å². The van der Waals surface area contributed by atoms with E-state index in [4.69, 9.17) is 4.74 Å². The second-order valence-corrected chi connectivity index (χ2v) is 6.52. The van der Waals surface area contributed by atoms with Crippen molar-refractivity contribution < 1.29 is 24.9 Å². The normalized spacial score (nSPS) is 35.4. The quantitative estimate of drug-likeness (QED) is 0.466. The van der Waals surface area contributed by atoms with Gasteiger partial charge in [-0.2, -0.15) is 0 Å². The molecule has 0 amide bonds. The topological polar surface area (TPSA) is 90.2 Å². The number of fused-ring (bicyclic) bond motifs is 1. The molecule has 6 heteroatoms. The first kappa shape index (κ1) is 17.7. The third kappa shape index (κ3) is 4.19. The standard InChI is InChI=1S/C16H29NO5/c1-2-3-4-5-6-7-13(19)22-12-10-17-9-8-11(18)14(17)16(21)15(12)20/h11-12,14-16,18,20-21H,2-10H2,1H3/t11-,12-,14+,15+,16+/m0/s1. The van der Waals surface area contributed by atoms with E-state index in [-0.39, 0.29) is 5.97 Å². The second kappa shape index (κ2) is 8.24. The van der Waals surface area contributed by atoms with E-state index in [1.807, 2.05) is 4.90 Å². The van der Waals surface area contributed by atoms with Crippen LogP contribution in [0.2, 0.25) is 0 Å². The fourth-order valence-electron chi connectivity index (χ4n) is 3.49. The molecule has 2 fully saturated rings. The summed E-state index contributed by atoms with van der Waals surface area (Å²) in [6.45, 7) is 3.18. The van der Waals surface area contributed by atoms with Gasteiger partial charge in [0.15, 0.2) is 0 Å². The number of hydrogen-bond donors (Lipinski definition) is 3. The predicted octanol–water partition coefficient (Wildman–Crippen LogP) is 0.429. The molecule has 2 aliphatic heterocycles. The minimum atomic E-state index is -1.13. The van der Waals surface area contributed by atoms with Crippen molar-refractivity contribution >= 4 is 5.97 Å². The summed E-state index contributed by atoms with van der Waals surface area (Å²) in [4.78, 5) is 13.8. The Morgan fingerprint density at radius 2 is 1.86 bits per heavy atom. The predicted molar refractivity (Wildman–Crippen MR) is 81.3 cm³/mol. The largest absolute Gasteiger partial charge is 0.458 e. The Kier molecular flexibility index (Phi) is 6.62. The van der Waals surface area contributed by atoms with E-state index in [2.05, 4.69) is 6.92 Å². The fourth-order valence-corrected chi connectivity index (χ4v) is 3.49. The summed E-state index contributed by atoms with van der Waals surface area (Å²) in [7, 11) is 0. The van der Waals surface area contributed by atoms with E-state index in [0.717, 1.165) is 19.3 Å². The lowest BCUT2D eigenvalue weighted by Crippen LogP contribution is -2.62. The number of esters is 1. The molecule has 2 rings (SSSR count). The molecule has 0 spiro atoms. The number of unbranched alkanes of at least 4 members (excludes halogenated alkanes) is 4. The molecular formula is C16H29NO5. The van der Waals surface area contributed by atoms with Crippen molar-refractivity contribution in [2.45, 2.75) is 82.3 Å². The van der Waals surface area contributed by atoms with Crippen LogP contribution in [0.3, 0.4) is 0 Å². The first-order chi connectivity index (χ1) is 10.5. The van der Waals surface area contributed by atoms with Crippen molar-refractivity contribution in [3.63, 3.8) is 0 Å². The third-order valence-electron chi connectivity index (χ3n) is 4.79. The molecule has 0 saturated carbocycles. The molecule has 128 valence electrons. The SMILES string of the molecule is CCCCCCCC(=O)O[C@H]1CN2CC[C@H](O)[C@@H]2[C@@H](O)[C@@H]1O. The van der Waals surface area contributed by atoms with E-state index in [9.17, 15) is 20.1 Å². The number of aliphatic hydroxyl groups is 3. The van der Waals surface area contributed by atoms with Crippen LogP contribution in [0.4, 0.5) is 0 Å². The smallest absolute Gasteiger partial charge is 0.306 e. The van der Waals surface area contributed by atoms with Crippen molar-refractivity contribution in [1.29, 1.82) is 0 Å². The summed E-state index contributed by atoms with van der Waals surface area (Å²) in [5.41, 5.74) is 0. The Bertz CT molecular complexity index is 364. The van der Waals surface area contributed by atoms with Gasteiger partial charge in [-0.3, -0.25) is 9.69 Å². The van der Waals surface area contributed by atoms with Crippen molar-refractivity contribution in [2.75, 3.05) is 13.1 Å². The molecule has 0 aromatic rings. The van der Waals surface area contributed by atoms with Gasteiger partial charge in [0.25, 0.3) is 0 Å². The maximum absolute atomic E-state index is 11.9. The van der Waals surface area contributed by atoms with Crippen LogP contribution >= 0.6 is 0 Å². The summed E-state index contributed by atoms with van der Waals surface area (Å²) < 4.78 is 5.35. The highest BCUT2D eigenvalue weighted by Crippen LogP contribution is 2.29. The molecule has 22 heavy (non-hydrogen) atoms. The van der Waals surface area contributed by atoms with Crippen LogP contribution in [0.25, 0.3) is 0 Å². The Hall–Kier alpha value is -0.690. The maximum atomic E-state index is 11.9. The summed E-state index contributed by atoms with van der Waals surface area (Å²) in [6.07, 6.45) is 2.68. The molecule has 0 unspecified atom stereocenters. The van der Waals surface area contributed by atoms with Crippen LogP contribution in [0.1, 0.15) is 51.9 Å². The number of carbonyl (C=O) groups excluding carboxylic acids is 1. The zero-order valence-corrected chi connectivity index (χ0v) is 13.4. The molecular weight excluding hydrogens is 286 g/mol. The monoisotopic (exact) mass is 315 g/mol. The molecule has 6 nitrogen and oxygen atoms in total. The first-order valence-electron chi connectivity index (χ1n) is 8.52. The van der Waals surface area contributed by atoms with Gasteiger partial charge >= 0.3 is 5.97 Å². The molecule has 5 atom stereocenters. The van der Waals surface area contributed by atoms with Crippen molar-refractivity contribution in [3.8, 4) is 0 Å². The zero-order chi connectivity index (χ0) is 16.1. The van der Waals surface area contributed by atoms with Gasteiger partial charge in [-0.05, 0) is 12.8 Å². The Labute approximate surface area is 132 Å². The van der Waals surface area contributed by atoms with Crippen molar-refractivity contribution in [2.24, 2.45) is 0 Å². The lowest BCUT2D eigenvalue weighted by Gasteiger charge is -2.42. The molecule has 0 aliphatic carbocycles. The molecule has 0 radical (unpaired) electrons. The van der Waals surface area contributed by atoms with E-state index in [1.54, 1.807) is 0 Å². The van der Waals surface area contributed by atoms with E-state index < -0.39 is 30.5 Å². The first-order valence-corrected chi connectivity index (χ1v) is 8.52. The van der Waals surface area contributed by atoms with Crippen LogP contribution < -0.4 is 0 Å². The van der Waals surface area contributed by atoms with E-state index in [1.165, 1.54) is 12.8 Å². The highest BCUT2D eigenvalue weighted by molar-refractivity contribution is 5.69. The lowest BCUT2D eigenvalue weighted by atomic mass is 9.93. The van der Waals surface area contributed by atoms with Crippen LogP contribution in [0, 0.1) is 0 Å². The van der Waals surface area contributed by atoms with E-state index in [0.29, 0.717) is 25.9 Å². The zero-order valence-electron chi connectivity index (χ0n) is 13.4. The molecule has 2 saturated heterocycles. The number of ether oxygens (including phenoxy) is 1. The minimum absolute atomic E-state index is 0.314. The fraction of sp³-hybridized carbons (Fsp3) is 0.938. The van der Waals surface area contributed by atoms with Crippen molar-refractivity contribution in [3.05, 3.63) is 0 Å². The number of nitrogens with zero attached hydrogens (tertiary/aromatic N) is 1. The average molecular weight is 315 g/mol. The summed E-state index contributed by atoms with van der Waals surface area (Å²) in [5.74, 6) is -0.314. The summed E-state index contributed by atoms with van der Waals surface area (Å²) in [6, 6.07) is -0.445. The van der Waals surface area contributed by atoms with Gasteiger partial charge in [-0.1, -0.05) is 32.6 Å². The molecule has 2 heterocycles. The lowest BCUT2D eigenvalue weighted by molar-refractivity contribution is -0.179. The van der Waals surface area contributed by atoms with Crippen LogP contribution in [-0.2, 0) is 9.53 Å². The number of piperidine rings is 1. The Morgan fingerprint density at radius 1 is 1.14 bits per heavy atom. The Morgan fingerprint density at radius 3 is 2.59 bits per heavy atom. The van der Waals surface area contributed by atoms with Crippen LogP contribution in [-0.4, -0.2) is 69.7 Å². The average Bonchev–Trinajstić information content (AvgIpc) is 2.85. The summed E-state index contributed by atoms with van der Waals surface area (Å²) in [5, 5.41) is 30.1. The van der Waals surface area contributed by atoms with Gasteiger partial charge in [0, 0.05) is 19.5 Å². The van der Waals surface area contributed by atoms with Gasteiger partial charge in [-0.15, -0.1) is 0 Å². The highest BCUT2D eigenvalue weighted by Gasteiger charge is 2.49. The van der Waals surface area contributed by atoms with Gasteiger partial charge < -0.3 is 20.1 Å². The Balaban J connectivity index is 1.76.